The molecule has 0 unspecified atom stereocenters. The highest BCUT2D eigenvalue weighted by atomic mass is 32.2. The third-order valence-corrected chi connectivity index (χ3v) is 2.10. The molecule has 0 aromatic heterocycles. The molecule has 0 radical (unpaired) electrons. The first-order chi connectivity index (χ1) is 7.53. The minimum absolute atomic E-state index is 0.395. The van der Waals surface area contributed by atoms with E-state index in [0.29, 0.717) is 12.8 Å². The highest BCUT2D eigenvalue weighted by Gasteiger charge is 2.21. The predicted molar refractivity (Wildman–Crippen MR) is 64.0 cm³/mol. The molecule has 1 amide bonds. The summed E-state index contributed by atoms with van der Waals surface area (Å²) in [6.07, 6.45) is 0.429. The van der Waals surface area contributed by atoms with Crippen molar-refractivity contribution in [1.29, 1.82) is 0 Å². The third kappa shape index (κ3) is 10.1. The van der Waals surface area contributed by atoms with Gasteiger partial charge in [-0.2, -0.15) is 8.42 Å². The van der Waals surface area contributed by atoms with E-state index in [2.05, 4.69) is 5.32 Å². The van der Waals surface area contributed by atoms with Crippen molar-refractivity contribution in [3.63, 3.8) is 0 Å². The van der Waals surface area contributed by atoms with Gasteiger partial charge in [0.25, 0.3) is 10.1 Å². The fraction of sp³-hybridized carbons (Fsp3) is 0.900. The highest BCUT2D eigenvalue weighted by molar-refractivity contribution is 7.86. The molecule has 0 aliphatic carbocycles. The van der Waals surface area contributed by atoms with Crippen molar-refractivity contribution < 1.29 is 22.1 Å². The number of amides is 1. The van der Waals surface area contributed by atoms with Crippen molar-refractivity contribution >= 4 is 16.2 Å². The fourth-order valence-electron chi connectivity index (χ4n) is 1.06. The molecule has 7 heteroatoms. The topological polar surface area (TPSA) is 81.7 Å². The molecule has 0 aromatic carbocycles. The van der Waals surface area contributed by atoms with Gasteiger partial charge in [0.1, 0.15) is 5.60 Å². The van der Waals surface area contributed by atoms with Crippen LogP contribution < -0.4 is 5.32 Å². The number of carbonyl (C=O) groups is 1. The van der Waals surface area contributed by atoms with E-state index < -0.39 is 28.0 Å². The number of hydrogen-bond acceptors (Lipinski definition) is 5. The van der Waals surface area contributed by atoms with E-state index >= 15 is 0 Å². The van der Waals surface area contributed by atoms with Crippen LogP contribution in [0.15, 0.2) is 0 Å². The Bertz CT molecular complexity index is 344. The van der Waals surface area contributed by atoms with Crippen LogP contribution in [0, 0.1) is 0 Å². The van der Waals surface area contributed by atoms with Gasteiger partial charge in [-0.1, -0.05) is 13.3 Å². The van der Waals surface area contributed by atoms with E-state index in [1.165, 1.54) is 0 Å². The number of rotatable bonds is 5. The second kappa shape index (κ2) is 6.20. The van der Waals surface area contributed by atoms with E-state index in [4.69, 9.17) is 8.92 Å². The first-order valence-electron chi connectivity index (χ1n) is 5.41. The second-order valence-electron chi connectivity index (χ2n) is 4.72. The summed E-state index contributed by atoms with van der Waals surface area (Å²) in [5, 5.41) is 2.37. The SMILES string of the molecule is CCC[C@@H](NC(=O)OC(C)(C)C)OS(C)(=O)=O. The van der Waals surface area contributed by atoms with E-state index in [-0.39, 0.29) is 0 Å². The molecular weight excluding hydrogens is 246 g/mol. The third-order valence-electron chi connectivity index (χ3n) is 1.52. The molecule has 0 saturated carbocycles. The van der Waals surface area contributed by atoms with Crippen molar-refractivity contribution in [2.45, 2.75) is 52.4 Å². The van der Waals surface area contributed by atoms with Crippen LogP contribution in [0.5, 0.6) is 0 Å². The van der Waals surface area contributed by atoms with Crippen molar-refractivity contribution in [2.24, 2.45) is 0 Å². The lowest BCUT2D eigenvalue weighted by Gasteiger charge is -2.22. The first kappa shape index (κ1) is 16.2. The first-order valence-corrected chi connectivity index (χ1v) is 7.23. The summed E-state index contributed by atoms with van der Waals surface area (Å²) in [4.78, 5) is 11.4. The molecular formula is C10H21NO5S. The summed E-state index contributed by atoms with van der Waals surface area (Å²) in [5.41, 5.74) is -0.633. The monoisotopic (exact) mass is 267 g/mol. The minimum atomic E-state index is -3.61. The lowest BCUT2D eigenvalue weighted by atomic mass is 10.2. The fourth-order valence-corrected chi connectivity index (χ4v) is 1.62. The second-order valence-corrected chi connectivity index (χ2v) is 6.32. The Morgan fingerprint density at radius 3 is 2.24 bits per heavy atom. The van der Waals surface area contributed by atoms with Gasteiger partial charge in [0.2, 0.25) is 0 Å². The van der Waals surface area contributed by atoms with Gasteiger partial charge in [-0.25, -0.2) is 8.98 Å². The Morgan fingerprint density at radius 2 is 1.88 bits per heavy atom. The molecule has 0 spiro atoms. The number of alkyl carbamates (subject to hydrolysis) is 1. The molecule has 1 N–H and O–H groups in total. The average Bonchev–Trinajstić information content (AvgIpc) is 1.95. The Morgan fingerprint density at radius 1 is 1.35 bits per heavy atom. The van der Waals surface area contributed by atoms with Crippen LogP contribution in [-0.2, 0) is 19.0 Å². The normalized spacial score (nSPS) is 14.2. The van der Waals surface area contributed by atoms with Gasteiger partial charge < -0.3 is 4.74 Å². The van der Waals surface area contributed by atoms with Crippen LogP contribution in [0.25, 0.3) is 0 Å². The molecule has 0 heterocycles. The largest absolute Gasteiger partial charge is 0.444 e. The molecule has 0 aliphatic heterocycles. The Labute approximate surface area is 103 Å². The maximum absolute atomic E-state index is 11.4. The van der Waals surface area contributed by atoms with Crippen LogP contribution >= 0.6 is 0 Å². The number of nitrogens with one attached hydrogen (secondary N) is 1. The zero-order valence-electron chi connectivity index (χ0n) is 10.9. The van der Waals surface area contributed by atoms with Crippen molar-refractivity contribution in [1.82, 2.24) is 5.32 Å². The standard InChI is InChI=1S/C10H21NO5S/c1-6-7-8(16-17(5,13)14)11-9(12)15-10(2,3)4/h8H,6-7H2,1-5H3,(H,11,12)/t8-/m0/s1. The summed E-state index contributed by atoms with van der Waals surface area (Å²) in [6, 6.07) is 0. The van der Waals surface area contributed by atoms with Gasteiger partial charge in [0, 0.05) is 0 Å². The van der Waals surface area contributed by atoms with Gasteiger partial charge in [0.15, 0.2) is 6.23 Å². The van der Waals surface area contributed by atoms with E-state index in [1.807, 2.05) is 6.92 Å². The molecule has 0 bridgehead atoms. The van der Waals surface area contributed by atoms with Crippen molar-refractivity contribution in [2.75, 3.05) is 6.26 Å². The molecule has 6 nitrogen and oxygen atoms in total. The zero-order valence-corrected chi connectivity index (χ0v) is 11.8. The quantitative estimate of drug-likeness (QED) is 0.604. The molecule has 0 fully saturated rings. The zero-order chi connectivity index (χ0) is 13.7. The highest BCUT2D eigenvalue weighted by Crippen LogP contribution is 2.08. The molecule has 17 heavy (non-hydrogen) atoms. The summed E-state index contributed by atoms with van der Waals surface area (Å²) in [6.45, 7) is 7.02. The van der Waals surface area contributed by atoms with Crippen LogP contribution in [-0.4, -0.2) is 32.6 Å². The molecule has 0 saturated heterocycles. The minimum Gasteiger partial charge on any atom is -0.444 e. The predicted octanol–water partition coefficient (Wildman–Crippen LogP) is 1.61. The van der Waals surface area contributed by atoms with Crippen LogP contribution in [0.1, 0.15) is 40.5 Å². The summed E-state index contributed by atoms with van der Waals surface area (Å²) in [5.74, 6) is 0. The summed E-state index contributed by atoms with van der Waals surface area (Å²) in [7, 11) is -3.61. The molecule has 0 aliphatic rings. The maximum Gasteiger partial charge on any atom is 0.409 e. The summed E-state index contributed by atoms with van der Waals surface area (Å²) >= 11 is 0. The van der Waals surface area contributed by atoms with E-state index in [0.717, 1.165) is 6.26 Å². The van der Waals surface area contributed by atoms with Gasteiger partial charge >= 0.3 is 6.09 Å². The van der Waals surface area contributed by atoms with Crippen molar-refractivity contribution in [3.05, 3.63) is 0 Å². The Kier molecular flexibility index (Phi) is 5.91. The van der Waals surface area contributed by atoms with Gasteiger partial charge in [-0.15, -0.1) is 0 Å². The Balaban J connectivity index is 4.40. The van der Waals surface area contributed by atoms with Gasteiger partial charge in [0.05, 0.1) is 6.26 Å². The van der Waals surface area contributed by atoms with E-state index in [1.54, 1.807) is 20.8 Å². The van der Waals surface area contributed by atoms with Gasteiger partial charge in [-0.05, 0) is 27.2 Å². The Hall–Kier alpha value is -0.820. The van der Waals surface area contributed by atoms with Gasteiger partial charge in [-0.3, -0.25) is 5.32 Å². The average molecular weight is 267 g/mol. The summed E-state index contributed by atoms with van der Waals surface area (Å²) < 4.78 is 31.7. The van der Waals surface area contributed by atoms with Crippen LogP contribution in [0.4, 0.5) is 4.79 Å². The lowest BCUT2D eigenvalue weighted by Crippen LogP contribution is -2.41. The smallest absolute Gasteiger partial charge is 0.409 e. The number of hydrogen-bond donors (Lipinski definition) is 1. The van der Waals surface area contributed by atoms with Crippen LogP contribution in [0.2, 0.25) is 0 Å². The molecule has 0 rings (SSSR count). The van der Waals surface area contributed by atoms with Crippen LogP contribution in [0.3, 0.4) is 0 Å². The molecule has 0 aromatic rings. The lowest BCUT2D eigenvalue weighted by molar-refractivity contribution is 0.0394. The molecule has 1 atom stereocenters. The number of ether oxygens (including phenoxy) is 1. The van der Waals surface area contributed by atoms with E-state index in [9.17, 15) is 13.2 Å². The van der Waals surface area contributed by atoms with Crippen molar-refractivity contribution in [3.8, 4) is 0 Å². The molecule has 102 valence electrons. The number of carbonyl (C=O) groups excluding carboxylic acids is 1. The maximum atomic E-state index is 11.4.